The first-order chi connectivity index (χ1) is 9.09. The number of nitrogens with one attached hydrogen (secondary N) is 2. The summed E-state index contributed by atoms with van der Waals surface area (Å²) in [6.45, 7) is 1.10. The summed E-state index contributed by atoms with van der Waals surface area (Å²) in [6, 6.07) is -0.240. The number of carboxylic acid groups (broad SMARTS) is 1. The first-order valence-electron chi connectivity index (χ1n) is 6.10. The van der Waals surface area contributed by atoms with E-state index in [-0.39, 0.29) is 11.9 Å². The maximum atomic E-state index is 11.8. The van der Waals surface area contributed by atoms with Crippen LogP contribution in [0.25, 0.3) is 0 Å². The number of rotatable bonds is 4. The van der Waals surface area contributed by atoms with E-state index in [1.54, 1.807) is 5.38 Å². The number of thiophene rings is 1. The molecule has 1 saturated heterocycles. The van der Waals surface area contributed by atoms with E-state index in [4.69, 9.17) is 5.11 Å². The molecule has 5 nitrogen and oxygen atoms in total. The monoisotopic (exact) mass is 346 g/mol. The summed E-state index contributed by atoms with van der Waals surface area (Å²) in [5, 5.41) is 16.7. The van der Waals surface area contributed by atoms with Crippen molar-refractivity contribution in [2.24, 2.45) is 0 Å². The number of hydrogen-bond acceptors (Lipinski definition) is 4. The Labute approximate surface area is 123 Å². The summed E-state index contributed by atoms with van der Waals surface area (Å²) in [5.41, 5.74) is 0.993. The highest BCUT2D eigenvalue weighted by Crippen LogP contribution is 2.28. The molecular formula is C12H15BrN2O3S. The molecule has 1 aromatic heterocycles. The Kier molecular flexibility index (Phi) is 4.95. The van der Waals surface area contributed by atoms with Gasteiger partial charge in [-0.3, -0.25) is 4.79 Å². The first-order valence-corrected chi connectivity index (χ1v) is 7.77. The molecule has 1 fully saturated rings. The number of halogens is 1. The second-order valence-corrected chi connectivity index (χ2v) is 6.62. The second kappa shape index (κ2) is 6.49. The Morgan fingerprint density at radius 3 is 3.11 bits per heavy atom. The third-order valence-electron chi connectivity index (χ3n) is 3.13. The van der Waals surface area contributed by atoms with E-state index < -0.39 is 5.97 Å². The van der Waals surface area contributed by atoms with E-state index in [2.05, 4.69) is 26.6 Å². The molecule has 7 heteroatoms. The van der Waals surface area contributed by atoms with Crippen LogP contribution in [0.15, 0.2) is 9.17 Å². The van der Waals surface area contributed by atoms with Gasteiger partial charge in [-0.05, 0) is 35.2 Å². The van der Waals surface area contributed by atoms with Crippen LogP contribution in [0.2, 0.25) is 0 Å². The van der Waals surface area contributed by atoms with E-state index >= 15 is 0 Å². The SMILES string of the molecule is O=C(O)c1csc(Br)c1CN[C@H]1CCCCNC1=O. The molecule has 2 heterocycles. The van der Waals surface area contributed by atoms with Crippen LogP contribution in [0.5, 0.6) is 0 Å². The molecule has 1 amide bonds. The van der Waals surface area contributed by atoms with Crippen LogP contribution in [-0.4, -0.2) is 29.6 Å². The highest BCUT2D eigenvalue weighted by Gasteiger charge is 2.22. The van der Waals surface area contributed by atoms with Crippen molar-refractivity contribution in [3.05, 3.63) is 20.3 Å². The smallest absolute Gasteiger partial charge is 0.336 e. The molecule has 19 heavy (non-hydrogen) atoms. The van der Waals surface area contributed by atoms with Gasteiger partial charge in [0.15, 0.2) is 0 Å². The Morgan fingerprint density at radius 1 is 1.58 bits per heavy atom. The van der Waals surface area contributed by atoms with E-state index in [1.807, 2.05) is 0 Å². The second-order valence-electron chi connectivity index (χ2n) is 4.43. The fourth-order valence-electron chi connectivity index (χ4n) is 2.06. The Morgan fingerprint density at radius 2 is 2.37 bits per heavy atom. The topological polar surface area (TPSA) is 78.4 Å². The van der Waals surface area contributed by atoms with Gasteiger partial charge in [-0.15, -0.1) is 11.3 Å². The number of aromatic carboxylic acids is 1. The molecule has 0 radical (unpaired) electrons. The Balaban J connectivity index is 2.03. The van der Waals surface area contributed by atoms with Gasteiger partial charge in [-0.1, -0.05) is 0 Å². The Bertz CT molecular complexity index is 489. The van der Waals surface area contributed by atoms with Crippen LogP contribution < -0.4 is 10.6 Å². The predicted octanol–water partition coefficient (Wildman–Crippen LogP) is 1.97. The number of carbonyl (C=O) groups excluding carboxylic acids is 1. The maximum Gasteiger partial charge on any atom is 0.336 e. The number of hydrogen-bond donors (Lipinski definition) is 3. The number of carbonyl (C=O) groups is 2. The molecule has 0 spiro atoms. The zero-order chi connectivity index (χ0) is 13.8. The van der Waals surface area contributed by atoms with Crippen molar-refractivity contribution in [3.63, 3.8) is 0 Å². The number of amides is 1. The van der Waals surface area contributed by atoms with E-state index in [9.17, 15) is 9.59 Å². The van der Waals surface area contributed by atoms with Gasteiger partial charge in [0.2, 0.25) is 5.91 Å². The van der Waals surface area contributed by atoms with Crippen molar-refractivity contribution in [3.8, 4) is 0 Å². The molecule has 2 rings (SSSR count). The van der Waals surface area contributed by atoms with Crippen molar-refractivity contribution in [1.29, 1.82) is 0 Å². The van der Waals surface area contributed by atoms with Gasteiger partial charge in [0.25, 0.3) is 0 Å². The molecular weight excluding hydrogens is 332 g/mol. The van der Waals surface area contributed by atoms with Crippen LogP contribution in [-0.2, 0) is 11.3 Å². The van der Waals surface area contributed by atoms with Crippen LogP contribution in [0.4, 0.5) is 0 Å². The van der Waals surface area contributed by atoms with Gasteiger partial charge in [0, 0.05) is 24.0 Å². The minimum absolute atomic E-state index is 0.000673. The number of carboxylic acids is 1. The quantitative estimate of drug-likeness (QED) is 0.778. The zero-order valence-corrected chi connectivity index (χ0v) is 12.6. The van der Waals surface area contributed by atoms with Crippen LogP contribution in [0.1, 0.15) is 35.2 Å². The van der Waals surface area contributed by atoms with Crippen LogP contribution in [0.3, 0.4) is 0 Å². The summed E-state index contributed by atoms with van der Waals surface area (Å²) < 4.78 is 0.798. The third-order valence-corrected chi connectivity index (χ3v) is 4.98. The lowest BCUT2D eigenvalue weighted by Crippen LogP contribution is -2.42. The lowest BCUT2D eigenvalue weighted by atomic mass is 10.1. The molecule has 1 aromatic rings. The third kappa shape index (κ3) is 3.55. The summed E-state index contributed by atoms with van der Waals surface area (Å²) in [6.07, 6.45) is 2.77. The molecule has 0 bridgehead atoms. The lowest BCUT2D eigenvalue weighted by molar-refractivity contribution is -0.122. The summed E-state index contributed by atoms with van der Waals surface area (Å²) in [4.78, 5) is 22.9. The van der Waals surface area contributed by atoms with E-state index in [1.165, 1.54) is 11.3 Å². The van der Waals surface area contributed by atoms with Crippen molar-refractivity contribution in [2.75, 3.05) is 6.54 Å². The van der Waals surface area contributed by atoms with Gasteiger partial charge in [-0.2, -0.15) is 0 Å². The molecule has 1 aliphatic heterocycles. The van der Waals surface area contributed by atoms with Crippen molar-refractivity contribution < 1.29 is 14.7 Å². The summed E-state index contributed by atoms with van der Waals surface area (Å²) in [7, 11) is 0. The van der Waals surface area contributed by atoms with Crippen LogP contribution >= 0.6 is 27.3 Å². The Hall–Kier alpha value is -0.920. The fraction of sp³-hybridized carbons (Fsp3) is 0.500. The minimum Gasteiger partial charge on any atom is -0.478 e. The molecule has 3 N–H and O–H groups in total. The fourth-order valence-corrected chi connectivity index (χ4v) is 3.49. The van der Waals surface area contributed by atoms with Gasteiger partial charge in [0.05, 0.1) is 15.4 Å². The van der Waals surface area contributed by atoms with Gasteiger partial charge in [0.1, 0.15) is 0 Å². The molecule has 0 saturated carbocycles. The van der Waals surface area contributed by atoms with Crippen molar-refractivity contribution in [1.82, 2.24) is 10.6 Å². The largest absolute Gasteiger partial charge is 0.478 e. The zero-order valence-electron chi connectivity index (χ0n) is 10.2. The molecule has 0 aliphatic carbocycles. The van der Waals surface area contributed by atoms with Gasteiger partial charge >= 0.3 is 5.97 Å². The lowest BCUT2D eigenvalue weighted by Gasteiger charge is -2.15. The highest BCUT2D eigenvalue weighted by atomic mass is 79.9. The minimum atomic E-state index is -0.941. The van der Waals surface area contributed by atoms with E-state index in [0.717, 1.165) is 29.6 Å². The average molecular weight is 347 g/mol. The normalized spacial score (nSPS) is 19.8. The standard InChI is InChI=1S/C12H15BrN2O3S/c13-10-7(8(6-19-10)12(17)18)5-15-9-3-1-2-4-14-11(9)16/h6,9,15H,1-5H2,(H,14,16)(H,17,18)/t9-/m0/s1. The molecule has 0 unspecified atom stereocenters. The predicted molar refractivity (Wildman–Crippen MR) is 76.5 cm³/mol. The molecule has 1 aliphatic rings. The van der Waals surface area contributed by atoms with Crippen LogP contribution in [0, 0.1) is 0 Å². The van der Waals surface area contributed by atoms with E-state index in [0.29, 0.717) is 17.7 Å². The molecule has 0 aromatic carbocycles. The first kappa shape index (κ1) is 14.5. The highest BCUT2D eigenvalue weighted by molar-refractivity contribution is 9.11. The summed E-state index contributed by atoms with van der Waals surface area (Å²) >= 11 is 4.70. The van der Waals surface area contributed by atoms with Crippen molar-refractivity contribution >= 4 is 39.1 Å². The van der Waals surface area contributed by atoms with Crippen molar-refractivity contribution in [2.45, 2.75) is 31.8 Å². The maximum absolute atomic E-state index is 11.8. The molecule has 104 valence electrons. The average Bonchev–Trinajstić information content (AvgIpc) is 2.61. The summed E-state index contributed by atoms with van der Waals surface area (Å²) in [5.74, 6) is -0.940. The molecule has 1 atom stereocenters. The van der Waals surface area contributed by atoms with Gasteiger partial charge in [-0.25, -0.2) is 4.79 Å². The van der Waals surface area contributed by atoms with Gasteiger partial charge < -0.3 is 15.7 Å².